The zero-order chi connectivity index (χ0) is 16.1. The first kappa shape index (κ1) is 22.0. The molecule has 0 radical (unpaired) electrons. The molecule has 0 aromatic carbocycles. The maximum absolute atomic E-state index is 10.2. The summed E-state index contributed by atoms with van der Waals surface area (Å²) in [6.07, 6.45) is 22.5. The van der Waals surface area contributed by atoms with Crippen molar-refractivity contribution in [2.45, 2.75) is 110 Å². The van der Waals surface area contributed by atoms with E-state index in [9.17, 15) is 4.79 Å². The summed E-state index contributed by atoms with van der Waals surface area (Å²) in [7, 11) is 0. The SMILES string of the molecule is CCCCCCCCCCCCSCCCCCCCC=O. The van der Waals surface area contributed by atoms with Crippen molar-refractivity contribution in [1.82, 2.24) is 0 Å². The molecule has 0 atom stereocenters. The highest BCUT2D eigenvalue weighted by Crippen LogP contribution is 2.14. The summed E-state index contributed by atoms with van der Waals surface area (Å²) in [4.78, 5) is 10.2. The fraction of sp³-hybridized carbons (Fsp3) is 0.950. The van der Waals surface area contributed by atoms with Crippen LogP contribution in [-0.2, 0) is 4.79 Å². The summed E-state index contributed by atoms with van der Waals surface area (Å²) in [6.45, 7) is 2.29. The van der Waals surface area contributed by atoms with Crippen LogP contribution in [0.3, 0.4) is 0 Å². The Balaban J connectivity index is 2.92. The third-order valence-corrected chi connectivity index (χ3v) is 5.41. The van der Waals surface area contributed by atoms with Gasteiger partial charge in [-0.05, 0) is 30.8 Å². The van der Waals surface area contributed by atoms with Crippen LogP contribution in [0.5, 0.6) is 0 Å². The molecular weight excluding hydrogens is 288 g/mol. The molecule has 0 rings (SSSR count). The summed E-state index contributed by atoms with van der Waals surface area (Å²) < 4.78 is 0. The smallest absolute Gasteiger partial charge is 0.119 e. The second kappa shape index (κ2) is 21.0. The predicted molar refractivity (Wildman–Crippen MR) is 103 cm³/mol. The van der Waals surface area contributed by atoms with E-state index in [1.54, 1.807) is 0 Å². The van der Waals surface area contributed by atoms with E-state index in [0.717, 1.165) is 19.1 Å². The van der Waals surface area contributed by atoms with Crippen molar-refractivity contribution in [3.05, 3.63) is 0 Å². The molecule has 132 valence electrons. The first-order valence-electron chi connectivity index (χ1n) is 9.93. The number of unbranched alkanes of at least 4 members (excludes halogenated alkanes) is 14. The highest BCUT2D eigenvalue weighted by Gasteiger charge is 1.94. The van der Waals surface area contributed by atoms with Crippen molar-refractivity contribution in [2.75, 3.05) is 11.5 Å². The summed E-state index contributed by atoms with van der Waals surface area (Å²) in [6, 6.07) is 0. The van der Waals surface area contributed by atoms with E-state index in [4.69, 9.17) is 0 Å². The van der Waals surface area contributed by atoms with Crippen LogP contribution in [0, 0.1) is 0 Å². The van der Waals surface area contributed by atoms with E-state index >= 15 is 0 Å². The first-order valence-corrected chi connectivity index (χ1v) is 11.1. The summed E-state index contributed by atoms with van der Waals surface area (Å²) in [5.41, 5.74) is 0. The quantitative estimate of drug-likeness (QED) is 0.184. The highest BCUT2D eigenvalue weighted by molar-refractivity contribution is 7.99. The van der Waals surface area contributed by atoms with Crippen molar-refractivity contribution in [1.29, 1.82) is 0 Å². The van der Waals surface area contributed by atoms with E-state index in [2.05, 4.69) is 18.7 Å². The van der Waals surface area contributed by atoms with Crippen LogP contribution in [0.25, 0.3) is 0 Å². The molecule has 0 aliphatic carbocycles. The Morgan fingerprint density at radius 2 is 1.00 bits per heavy atom. The number of carbonyl (C=O) groups is 1. The monoisotopic (exact) mass is 328 g/mol. The van der Waals surface area contributed by atoms with Gasteiger partial charge in [0.1, 0.15) is 6.29 Å². The van der Waals surface area contributed by atoms with Crippen LogP contribution >= 0.6 is 11.8 Å². The molecule has 0 spiro atoms. The van der Waals surface area contributed by atoms with Crippen molar-refractivity contribution >= 4 is 18.0 Å². The Hall–Kier alpha value is 0.0200. The van der Waals surface area contributed by atoms with Gasteiger partial charge in [0.15, 0.2) is 0 Å². The minimum Gasteiger partial charge on any atom is -0.303 e. The molecule has 0 amide bonds. The lowest BCUT2D eigenvalue weighted by molar-refractivity contribution is -0.107. The van der Waals surface area contributed by atoms with Crippen molar-refractivity contribution in [3.8, 4) is 0 Å². The van der Waals surface area contributed by atoms with Crippen LogP contribution in [0.4, 0.5) is 0 Å². The van der Waals surface area contributed by atoms with Gasteiger partial charge in [-0.1, -0.05) is 84.0 Å². The normalized spacial score (nSPS) is 11.0. The molecule has 0 heterocycles. The highest BCUT2D eigenvalue weighted by atomic mass is 32.2. The largest absolute Gasteiger partial charge is 0.303 e. The minimum absolute atomic E-state index is 0.757. The van der Waals surface area contributed by atoms with Crippen LogP contribution in [0.1, 0.15) is 110 Å². The van der Waals surface area contributed by atoms with Gasteiger partial charge in [-0.3, -0.25) is 0 Å². The third kappa shape index (κ3) is 20.0. The van der Waals surface area contributed by atoms with Gasteiger partial charge >= 0.3 is 0 Å². The molecule has 0 aromatic heterocycles. The van der Waals surface area contributed by atoms with Gasteiger partial charge in [-0.2, -0.15) is 11.8 Å². The van der Waals surface area contributed by atoms with E-state index in [0.29, 0.717) is 0 Å². The Morgan fingerprint density at radius 3 is 1.45 bits per heavy atom. The lowest BCUT2D eigenvalue weighted by Gasteiger charge is -2.03. The number of thioether (sulfide) groups is 1. The summed E-state index contributed by atoms with van der Waals surface area (Å²) in [5.74, 6) is 2.70. The Bertz CT molecular complexity index is 206. The molecule has 0 unspecified atom stereocenters. The van der Waals surface area contributed by atoms with Gasteiger partial charge in [0.05, 0.1) is 0 Å². The second-order valence-corrected chi connectivity index (χ2v) is 7.74. The Labute approximate surface area is 144 Å². The standard InChI is InChI=1S/C20H40OS/c1-2-3-4-5-6-7-8-10-13-16-19-22-20-17-14-11-9-12-15-18-21/h18H,2-17,19-20H2,1H3. The van der Waals surface area contributed by atoms with Gasteiger partial charge in [-0.25, -0.2) is 0 Å². The zero-order valence-electron chi connectivity index (χ0n) is 15.1. The van der Waals surface area contributed by atoms with Crippen LogP contribution in [-0.4, -0.2) is 17.8 Å². The molecule has 0 aromatic rings. The molecule has 1 nitrogen and oxygen atoms in total. The molecule has 0 bridgehead atoms. The molecule has 22 heavy (non-hydrogen) atoms. The fourth-order valence-corrected chi connectivity index (χ4v) is 3.78. The Kier molecular flexibility index (Phi) is 21.0. The summed E-state index contributed by atoms with van der Waals surface area (Å²) in [5, 5.41) is 0. The lowest BCUT2D eigenvalue weighted by Crippen LogP contribution is -1.87. The molecule has 0 fully saturated rings. The average molecular weight is 329 g/mol. The molecule has 0 aliphatic rings. The van der Waals surface area contributed by atoms with E-state index in [1.165, 1.54) is 101 Å². The number of carbonyl (C=O) groups excluding carboxylic acids is 1. The topological polar surface area (TPSA) is 17.1 Å². The zero-order valence-corrected chi connectivity index (χ0v) is 15.9. The van der Waals surface area contributed by atoms with Gasteiger partial charge in [-0.15, -0.1) is 0 Å². The fourth-order valence-electron chi connectivity index (χ4n) is 2.76. The minimum atomic E-state index is 0.757. The maximum atomic E-state index is 10.2. The number of hydrogen-bond acceptors (Lipinski definition) is 2. The van der Waals surface area contributed by atoms with Crippen molar-refractivity contribution in [2.24, 2.45) is 0 Å². The van der Waals surface area contributed by atoms with E-state index < -0.39 is 0 Å². The number of rotatable bonds is 19. The van der Waals surface area contributed by atoms with Crippen molar-refractivity contribution < 1.29 is 4.79 Å². The molecule has 0 aliphatic heterocycles. The maximum Gasteiger partial charge on any atom is 0.119 e. The Morgan fingerprint density at radius 1 is 0.591 bits per heavy atom. The second-order valence-electron chi connectivity index (χ2n) is 6.52. The molecule has 0 saturated heterocycles. The van der Waals surface area contributed by atoms with Gasteiger partial charge in [0, 0.05) is 6.42 Å². The predicted octanol–water partition coefficient (Wildman–Crippen LogP) is 7.18. The average Bonchev–Trinajstić information content (AvgIpc) is 2.54. The molecule has 0 N–H and O–H groups in total. The van der Waals surface area contributed by atoms with E-state index in [-0.39, 0.29) is 0 Å². The third-order valence-electron chi connectivity index (χ3n) is 4.25. The van der Waals surface area contributed by atoms with Gasteiger partial charge < -0.3 is 4.79 Å². The first-order chi connectivity index (χ1) is 10.9. The van der Waals surface area contributed by atoms with Gasteiger partial charge in [0.2, 0.25) is 0 Å². The number of hydrogen-bond donors (Lipinski definition) is 0. The van der Waals surface area contributed by atoms with Crippen LogP contribution < -0.4 is 0 Å². The molecule has 2 heteroatoms. The van der Waals surface area contributed by atoms with Crippen LogP contribution in [0.2, 0.25) is 0 Å². The molecule has 0 saturated carbocycles. The van der Waals surface area contributed by atoms with E-state index in [1.807, 2.05) is 0 Å². The lowest BCUT2D eigenvalue weighted by atomic mass is 10.1. The van der Waals surface area contributed by atoms with Crippen molar-refractivity contribution in [3.63, 3.8) is 0 Å². The molecular formula is C20H40OS. The van der Waals surface area contributed by atoms with Crippen LogP contribution in [0.15, 0.2) is 0 Å². The summed E-state index contributed by atoms with van der Waals surface area (Å²) >= 11 is 2.14. The number of aldehydes is 1. The van der Waals surface area contributed by atoms with Gasteiger partial charge in [0.25, 0.3) is 0 Å².